The summed E-state index contributed by atoms with van der Waals surface area (Å²) in [6, 6.07) is 9.89. The van der Waals surface area contributed by atoms with Crippen LogP contribution >= 0.6 is 23.1 Å². The van der Waals surface area contributed by atoms with Crippen molar-refractivity contribution < 1.29 is 4.52 Å². The lowest BCUT2D eigenvalue weighted by atomic mass is 10.2. The average molecular weight is 333 g/mol. The molecule has 0 radical (unpaired) electrons. The lowest BCUT2D eigenvalue weighted by Crippen LogP contribution is -1.90. The summed E-state index contributed by atoms with van der Waals surface area (Å²) in [5.41, 5.74) is 0.994. The number of benzene rings is 1. The molecule has 0 saturated heterocycles. The van der Waals surface area contributed by atoms with Gasteiger partial charge >= 0.3 is 0 Å². The molecule has 0 fully saturated rings. The van der Waals surface area contributed by atoms with E-state index in [0.717, 1.165) is 21.0 Å². The molecule has 114 valence electrons. The molecule has 0 amide bonds. The van der Waals surface area contributed by atoms with E-state index in [1.165, 1.54) is 23.1 Å². The molecule has 0 unspecified atom stereocenters. The third-order valence-electron chi connectivity index (χ3n) is 2.75. The van der Waals surface area contributed by atoms with Crippen LogP contribution in [0, 0.1) is 0 Å². The Morgan fingerprint density at radius 1 is 1.23 bits per heavy atom. The van der Waals surface area contributed by atoms with Gasteiger partial charge in [-0.25, -0.2) is 0 Å². The number of nitrogens with zero attached hydrogens (tertiary/aromatic N) is 4. The van der Waals surface area contributed by atoms with Crippen LogP contribution in [0.25, 0.3) is 0 Å². The Hall–Kier alpha value is -1.93. The zero-order valence-electron chi connectivity index (χ0n) is 12.2. The minimum atomic E-state index is 0.269. The van der Waals surface area contributed by atoms with Gasteiger partial charge in [-0.05, 0) is 12.1 Å². The molecule has 1 N–H and O–H groups in total. The van der Waals surface area contributed by atoms with E-state index in [1.807, 2.05) is 44.2 Å². The van der Waals surface area contributed by atoms with E-state index in [-0.39, 0.29) is 5.92 Å². The number of para-hydroxylation sites is 1. The maximum Gasteiger partial charge on any atom is 0.237 e. The summed E-state index contributed by atoms with van der Waals surface area (Å²) in [6.45, 7) is 4.07. The van der Waals surface area contributed by atoms with Gasteiger partial charge in [0.25, 0.3) is 0 Å². The Morgan fingerprint density at radius 3 is 2.77 bits per heavy atom. The fourth-order valence-corrected chi connectivity index (χ4v) is 3.26. The van der Waals surface area contributed by atoms with Crippen LogP contribution in [0.15, 0.2) is 39.2 Å². The van der Waals surface area contributed by atoms with Gasteiger partial charge in [-0.2, -0.15) is 4.98 Å². The van der Waals surface area contributed by atoms with E-state index in [9.17, 15) is 0 Å². The topological polar surface area (TPSA) is 76.7 Å². The van der Waals surface area contributed by atoms with Crippen molar-refractivity contribution in [1.29, 1.82) is 0 Å². The molecule has 0 spiro atoms. The highest BCUT2D eigenvalue weighted by atomic mass is 32.2. The summed E-state index contributed by atoms with van der Waals surface area (Å²) in [4.78, 5) is 4.34. The summed E-state index contributed by atoms with van der Waals surface area (Å²) < 4.78 is 6.07. The summed E-state index contributed by atoms with van der Waals surface area (Å²) >= 11 is 3.04. The largest absolute Gasteiger partial charge is 0.338 e. The van der Waals surface area contributed by atoms with Gasteiger partial charge in [-0.1, -0.05) is 60.3 Å². The minimum Gasteiger partial charge on any atom is -0.338 e. The predicted octanol–water partition coefficient (Wildman–Crippen LogP) is 4.08. The molecule has 2 aromatic heterocycles. The van der Waals surface area contributed by atoms with Crippen LogP contribution in [0.2, 0.25) is 0 Å². The van der Waals surface area contributed by atoms with E-state index in [1.54, 1.807) is 0 Å². The molecule has 2 heterocycles. The van der Waals surface area contributed by atoms with E-state index in [2.05, 4.69) is 25.7 Å². The van der Waals surface area contributed by atoms with Gasteiger partial charge in [-0.15, -0.1) is 10.2 Å². The summed E-state index contributed by atoms with van der Waals surface area (Å²) in [5, 5.41) is 16.2. The molecular weight excluding hydrogens is 318 g/mol. The first kappa shape index (κ1) is 15.0. The number of nitrogens with one attached hydrogen (secondary N) is 1. The molecule has 22 heavy (non-hydrogen) atoms. The van der Waals surface area contributed by atoms with Crippen molar-refractivity contribution >= 4 is 33.9 Å². The molecule has 3 aromatic rings. The average Bonchev–Trinajstić information content (AvgIpc) is 3.15. The molecule has 3 rings (SSSR count). The molecular formula is C14H15N5OS2. The number of aromatic nitrogens is 4. The SMILES string of the molecule is CC(C)c1noc(CSc2nnc(Nc3ccccc3)s2)n1. The summed E-state index contributed by atoms with van der Waals surface area (Å²) in [5.74, 6) is 2.21. The summed E-state index contributed by atoms with van der Waals surface area (Å²) in [7, 11) is 0. The van der Waals surface area contributed by atoms with Gasteiger partial charge in [-0.3, -0.25) is 0 Å². The molecule has 0 aliphatic carbocycles. The van der Waals surface area contributed by atoms with Crippen molar-refractivity contribution in [1.82, 2.24) is 20.3 Å². The van der Waals surface area contributed by atoms with Crippen molar-refractivity contribution in [2.75, 3.05) is 5.32 Å². The first-order chi connectivity index (χ1) is 10.7. The van der Waals surface area contributed by atoms with Crippen molar-refractivity contribution in [3.63, 3.8) is 0 Å². The van der Waals surface area contributed by atoms with Gasteiger partial charge in [0.15, 0.2) is 10.2 Å². The molecule has 0 aliphatic rings. The van der Waals surface area contributed by atoms with Crippen LogP contribution in [-0.2, 0) is 5.75 Å². The first-order valence-electron chi connectivity index (χ1n) is 6.81. The molecule has 0 bridgehead atoms. The van der Waals surface area contributed by atoms with Crippen LogP contribution in [0.1, 0.15) is 31.5 Å². The number of hydrogen-bond donors (Lipinski definition) is 1. The molecule has 6 nitrogen and oxygen atoms in total. The fourth-order valence-electron chi connectivity index (χ4n) is 1.65. The van der Waals surface area contributed by atoms with Gasteiger partial charge in [0.1, 0.15) is 0 Å². The Kier molecular flexibility index (Phi) is 4.69. The maximum absolute atomic E-state index is 5.21. The first-order valence-corrected chi connectivity index (χ1v) is 8.62. The zero-order valence-corrected chi connectivity index (χ0v) is 13.8. The van der Waals surface area contributed by atoms with Crippen molar-refractivity contribution in [3.8, 4) is 0 Å². The van der Waals surface area contributed by atoms with Crippen LogP contribution < -0.4 is 5.32 Å². The van der Waals surface area contributed by atoms with Crippen LogP contribution in [0.3, 0.4) is 0 Å². The number of thioether (sulfide) groups is 1. The van der Waals surface area contributed by atoms with Crippen molar-refractivity contribution in [2.45, 2.75) is 29.9 Å². The van der Waals surface area contributed by atoms with Gasteiger partial charge in [0.05, 0.1) is 5.75 Å². The van der Waals surface area contributed by atoms with Gasteiger partial charge in [0.2, 0.25) is 11.0 Å². The van der Waals surface area contributed by atoms with E-state index >= 15 is 0 Å². The van der Waals surface area contributed by atoms with Gasteiger partial charge < -0.3 is 9.84 Å². The highest BCUT2D eigenvalue weighted by molar-refractivity contribution is 8.00. The number of anilines is 2. The second kappa shape index (κ2) is 6.89. The second-order valence-corrected chi connectivity index (χ2v) is 7.05. The van der Waals surface area contributed by atoms with E-state index < -0.39 is 0 Å². The molecule has 0 saturated carbocycles. The standard InChI is InChI=1S/C14H15N5OS2/c1-9(2)12-16-11(20-19-12)8-21-14-18-17-13(22-14)15-10-6-4-3-5-7-10/h3-7,9H,8H2,1-2H3,(H,15,17). The lowest BCUT2D eigenvalue weighted by molar-refractivity contribution is 0.383. The third-order valence-corrected chi connectivity index (χ3v) is 4.71. The Morgan fingerprint density at radius 2 is 2.05 bits per heavy atom. The summed E-state index contributed by atoms with van der Waals surface area (Å²) in [6.07, 6.45) is 0. The second-order valence-electron chi connectivity index (χ2n) is 4.85. The zero-order chi connectivity index (χ0) is 15.4. The van der Waals surface area contributed by atoms with Gasteiger partial charge in [0, 0.05) is 11.6 Å². The molecule has 8 heteroatoms. The Bertz CT molecular complexity index is 726. The van der Waals surface area contributed by atoms with Crippen molar-refractivity contribution in [3.05, 3.63) is 42.0 Å². The Labute approximate surface area is 136 Å². The van der Waals surface area contributed by atoms with E-state index in [4.69, 9.17) is 4.52 Å². The fraction of sp³-hybridized carbons (Fsp3) is 0.286. The number of hydrogen-bond acceptors (Lipinski definition) is 8. The van der Waals surface area contributed by atoms with Crippen LogP contribution in [0.4, 0.5) is 10.8 Å². The molecule has 0 atom stereocenters. The predicted molar refractivity (Wildman–Crippen MR) is 87.6 cm³/mol. The van der Waals surface area contributed by atoms with E-state index in [0.29, 0.717) is 11.6 Å². The quantitative estimate of drug-likeness (QED) is 0.681. The highest BCUT2D eigenvalue weighted by Crippen LogP contribution is 2.29. The maximum atomic E-state index is 5.21. The normalized spacial score (nSPS) is 11.0. The van der Waals surface area contributed by atoms with Crippen LogP contribution in [0.5, 0.6) is 0 Å². The smallest absolute Gasteiger partial charge is 0.237 e. The lowest BCUT2D eigenvalue weighted by Gasteiger charge is -1.99. The number of rotatable bonds is 6. The minimum absolute atomic E-state index is 0.269. The van der Waals surface area contributed by atoms with Crippen LogP contribution in [-0.4, -0.2) is 20.3 Å². The molecule has 0 aliphatic heterocycles. The highest BCUT2D eigenvalue weighted by Gasteiger charge is 2.11. The Balaban J connectivity index is 1.57. The van der Waals surface area contributed by atoms with Crippen molar-refractivity contribution in [2.24, 2.45) is 0 Å². The monoisotopic (exact) mass is 333 g/mol. The molecule has 1 aromatic carbocycles. The third kappa shape index (κ3) is 3.83.